The molecule has 2 aromatic rings. The molecule has 0 amide bonds. The van der Waals surface area contributed by atoms with Gasteiger partial charge in [-0.15, -0.1) is 0 Å². The van der Waals surface area contributed by atoms with Gasteiger partial charge in [-0.2, -0.15) is 5.10 Å². The molecule has 0 spiro atoms. The number of rotatable bonds is 7. The van der Waals surface area contributed by atoms with Crippen molar-refractivity contribution in [2.24, 2.45) is 0 Å². The van der Waals surface area contributed by atoms with E-state index in [2.05, 4.69) is 15.5 Å². The van der Waals surface area contributed by atoms with Crippen LogP contribution in [-0.2, 0) is 0 Å². The van der Waals surface area contributed by atoms with Gasteiger partial charge in [0.15, 0.2) is 0 Å². The Morgan fingerprint density at radius 3 is 2.65 bits per heavy atom. The molecular formula is C15H20ClN3O. The molecule has 2 unspecified atom stereocenters. The molecule has 0 bridgehead atoms. The van der Waals surface area contributed by atoms with Crippen LogP contribution in [-0.4, -0.2) is 28.0 Å². The molecule has 0 aliphatic carbocycles. The number of hydrogen-bond acceptors (Lipinski definition) is 3. The molecule has 0 fully saturated rings. The maximum atomic E-state index is 9.29. The molecule has 2 atom stereocenters. The third kappa shape index (κ3) is 4.34. The number of H-pyrrole nitrogens is 1. The van der Waals surface area contributed by atoms with Gasteiger partial charge in [0, 0.05) is 16.8 Å². The summed E-state index contributed by atoms with van der Waals surface area (Å²) in [5.74, 6) is 0. The lowest BCUT2D eigenvalue weighted by Gasteiger charge is -2.18. The van der Waals surface area contributed by atoms with Crippen LogP contribution in [0.25, 0.3) is 0 Å². The monoisotopic (exact) mass is 293 g/mol. The third-order valence-electron chi connectivity index (χ3n) is 3.20. The summed E-state index contributed by atoms with van der Waals surface area (Å²) < 4.78 is 0. The summed E-state index contributed by atoms with van der Waals surface area (Å²) >= 11 is 5.94. The predicted octanol–water partition coefficient (Wildman–Crippen LogP) is 2.90. The molecule has 2 rings (SSSR count). The van der Waals surface area contributed by atoms with Gasteiger partial charge in [0.05, 0.1) is 18.3 Å². The minimum absolute atomic E-state index is 0.0833. The van der Waals surface area contributed by atoms with Crippen molar-refractivity contribution in [3.8, 4) is 0 Å². The number of aromatic nitrogens is 2. The summed E-state index contributed by atoms with van der Waals surface area (Å²) in [7, 11) is 0. The highest BCUT2D eigenvalue weighted by molar-refractivity contribution is 6.30. The maximum Gasteiger partial charge on any atom is 0.0607 e. The van der Waals surface area contributed by atoms with Crippen LogP contribution in [0.15, 0.2) is 36.7 Å². The Morgan fingerprint density at radius 2 is 2.05 bits per heavy atom. The maximum absolute atomic E-state index is 9.29. The Bertz CT molecular complexity index is 496. The van der Waals surface area contributed by atoms with E-state index in [1.165, 1.54) is 0 Å². The van der Waals surface area contributed by atoms with Crippen LogP contribution in [0.3, 0.4) is 0 Å². The van der Waals surface area contributed by atoms with Gasteiger partial charge in [-0.05, 0) is 44.0 Å². The molecule has 20 heavy (non-hydrogen) atoms. The summed E-state index contributed by atoms with van der Waals surface area (Å²) in [6.07, 6.45) is 5.19. The molecule has 0 saturated heterocycles. The number of aliphatic hydroxyl groups is 1. The second-order valence-corrected chi connectivity index (χ2v) is 5.40. The van der Waals surface area contributed by atoms with Crippen molar-refractivity contribution in [2.45, 2.75) is 31.9 Å². The first-order chi connectivity index (χ1) is 9.66. The standard InChI is InChI=1S/C15H20ClN3O/c1-11(20)3-2-8-17-15(13-9-18-19-10-13)12-4-6-14(16)7-5-12/h4-7,9-11,15,17,20H,2-3,8H2,1H3,(H,18,19). The quantitative estimate of drug-likeness (QED) is 0.688. The summed E-state index contributed by atoms with van der Waals surface area (Å²) in [4.78, 5) is 0. The van der Waals surface area contributed by atoms with Gasteiger partial charge in [0.2, 0.25) is 0 Å². The SMILES string of the molecule is CC(O)CCCNC(c1ccc(Cl)cc1)c1cn[nH]c1. The van der Waals surface area contributed by atoms with Gasteiger partial charge in [0.1, 0.15) is 0 Å². The molecule has 0 aliphatic rings. The van der Waals surface area contributed by atoms with Crippen LogP contribution in [0, 0.1) is 0 Å². The molecule has 0 saturated carbocycles. The number of nitrogens with zero attached hydrogens (tertiary/aromatic N) is 1. The molecule has 108 valence electrons. The minimum Gasteiger partial charge on any atom is -0.393 e. The van der Waals surface area contributed by atoms with Gasteiger partial charge in [-0.3, -0.25) is 5.10 Å². The van der Waals surface area contributed by atoms with Crippen LogP contribution in [0.2, 0.25) is 5.02 Å². The van der Waals surface area contributed by atoms with E-state index in [4.69, 9.17) is 11.6 Å². The highest BCUT2D eigenvalue weighted by Gasteiger charge is 2.14. The minimum atomic E-state index is -0.250. The van der Waals surface area contributed by atoms with Crippen molar-refractivity contribution in [3.05, 3.63) is 52.8 Å². The number of halogens is 1. The van der Waals surface area contributed by atoms with E-state index in [1.807, 2.05) is 43.6 Å². The Kier molecular flexibility index (Phi) is 5.59. The first kappa shape index (κ1) is 15.0. The summed E-state index contributed by atoms with van der Waals surface area (Å²) in [5, 5.41) is 20.4. The highest BCUT2D eigenvalue weighted by Crippen LogP contribution is 2.22. The lowest BCUT2D eigenvalue weighted by atomic mass is 10.0. The molecule has 4 nitrogen and oxygen atoms in total. The van der Waals surface area contributed by atoms with E-state index in [1.54, 1.807) is 0 Å². The average Bonchev–Trinajstić information content (AvgIpc) is 2.94. The zero-order valence-corrected chi connectivity index (χ0v) is 12.3. The first-order valence-electron chi connectivity index (χ1n) is 6.82. The number of nitrogens with one attached hydrogen (secondary N) is 2. The van der Waals surface area contributed by atoms with Crippen LogP contribution in [0.1, 0.15) is 36.9 Å². The van der Waals surface area contributed by atoms with Crippen molar-refractivity contribution < 1.29 is 5.11 Å². The van der Waals surface area contributed by atoms with Gasteiger partial charge in [0.25, 0.3) is 0 Å². The fourth-order valence-corrected chi connectivity index (χ4v) is 2.27. The van der Waals surface area contributed by atoms with Crippen molar-refractivity contribution in [2.75, 3.05) is 6.54 Å². The summed E-state index contributed by atoms with van der Waals surface area (Å²) in [6, 6.07) is 7.90. The van der Waals surface area contributed by atoms with Crippen molar-refractivity contribution in [1.29, 1.82) is 0 Å². The van der Waals surface area contributed by atoms with Crippen LogP contribution in [0.5, 0.6) is 0 Å². The fraction of sp³-hybridized carbons (Fsp3) is 0.400. The molecule has 1 aromatic heterocycles. The van der Waals surface area contributed by atoms with E-state index in [9.17, 15) is 5.11 Å². The lowest BCUT2D eigenvalue weighted by Crippen LogP contribution is -2.23. The zero-order valence-electron chi connectivity index (χ0n) is 11.5. The van der Waals surface area contributed by atoms with Crippen LogP contribution in [0.4, 0.5) is 0 Å². The Labute approximate surface area is 124 Å². The lowest BCUT2D eigenvalue weighted by molar-refractivity contribution is 0.181. The van der Waals surface area contributed by atoms with Crippen molar-refractivity contribution in [3.63, 3.8) is 0 Å². The van der Waals surface area contributed by atoms with Gasteiger partial charge in [-0.25, -0.2) is 0 Å². The molecule has 5 heteroatoms. The molecule has 0 aliphatic heterocycles. The Hall–Kier alpha value is -1.36. The Balaban J connectivity index is 2.04. The number of benzene rings is 1. The van der Waals surface area contributed by atoms with Crippen LogP contribution < -0.4 is 5.32 Å². The molecule has 3 N–H and O–H groups in total. The average molecular weight is 294 g/mol. The van der Waals surface area contributed by atoms with E-state index in [0.717, 1.165) is 35.5 Å². The van der Waals surface area contributed by atoms with Crippen molar-refractivity contribution in [1.82, 2.24) is 15.5 Å². The van der Waals surface area contributed by atoms with E-state index >= 15 is 0 Å². The largest absolute Gasteiger partial charge is 0.393 e. The number of aliphatic hydroxyl groups excluding tert-OH is 1. The molecule has 0 radical (unpaired) electrons. The first-order valence-corrected chi connectivity index (χ1v) is 7.20. The normalized spacial score (nSPS) is 14.2. The third-order valence-corrected chi connectivity index (χ3v) is 3.46. The van der Waals surface area contributed by atoms with E-state index < -0.39 is 0 Å². The molecular weight excluding hydrogens is 274 g/mol. The fourth-order valence-electron chi connectivity index (χ4n) is 2.15. The van der Waals surface area contributed by atoms with E-state index in [-0.39, 0.29) is 12.1 Å². The van der Waals surface area contributed by atoms with Crippen molar-refractivity contribution >= 4 is 11.6 Å². The summed E-state index contributed by atoms with van der Waals surface area (Å²) in [5.41, 5.74) is 2.23. The van der Waals surface area contributed by atoms with Crippen LogP contribution >= 0.6 is 11.6 Å². The molecule has 1 aromatic carbocycles. The highest BCUT2D eigenvalue weighted by atomic mass is 35.5. The van der Waals surface area contributed by atoms with Gasteiger partial charge < -0.3 is 10.4 Å². The predicted molar refractivity (Wildman–Crippen MR) is 80.8 cm³/mol. The van der Waals surface area contributed by atoms with Gasteiger partial charge in [-0.1, -0.05) is 23.7 Å². The molecule has 1 heterocycles. The zero-order chi connectivity index (χ0) is 14.4. The smallest absolute Gasteiger partial charge is 0.0607 e. The number of hydrogen-bond donors (Lipinski definition) is 3. The van der Waals surface area contributed by atoms with E-state index in [0.29, 0.717) is 0 Å². The second-order valence-electron chi connectivity index (χ2n) is 4.96. The second kappa shape index (κ2) is 7.43. The van der Waals surface area contributed by atoms with Gasteiger partial charge >= 0.3 is 0 Å². The Morgan fingerprint density at radius 1 is 1.30 bits per heavy atom. The number of aromatic amines is 1. The summed E-state index contributed by atoms with van der Waals surface area (Å²) in [6.45, 7) is 2.65. The topological polar surface area (TPSA) is 60.9 Å².